The number of hydrogen-bond acceptors (Lipinski definition) is 5. The highest BCUT2D eigenvalue weighted by atomic mass is 35.5. The van der Waals surface area contributed by atoms with E-state index in [0.29, 0.717) is 41.9 Å². The van der Waals surface area contributed by atoms with Crippen molar-refractivity contribution in [3.63, 3.8) is 0 Å². The molecule has 3 heterocycles. The first-order valence-electron chi connectivity index (χ1n) is 13.1. The van der Waals surface area contributed by atoms with Gasteiger partial charge in [0.1, 0.15) is 5.69 Å². The number of rotatable bonds is 4. The summed E-state index contributed by atoms with van der Waals surface area (Å²) in [6.07, 6.45) is 4.75. The maximum atomic E-state index is 14.7. The van der Waals surface area contributed by atoms with Crippen LogP contribution >= 0.6 is 11.6 Å². The van der Waals surface area contributed by atoms with E-state index in [0.717, 1.165) is 5.56 Å². The first-order valence-corrected chi connectivity index (χ1v) is 13.5. The Morgan fingerprint density at radius 1 is 1.17 bits per heavy atom. The third-order valence-electron chi connectivity index (χ3n) is 7.31. The Kier molecular flexibility index (Phi) is 7.85. The highest BCUT2D eigenvalue weighted by Gasteiger charge is 2.24. The Morgan fingerprint density at radius 2 is 1.98 bits per heavy atom. The molecule has 4 aromatic rings. The first-order chi connectivity index (χ1) is 19.6. The largest absolute Gasteiger partial charge is 0.366 e. The molecule has 2 aromatic heterocycles. The SMILES string of the molecule is Cc1c(C(=O)NC2CCCC(C)C(=O)Nc3cc(C(N)=O)ccc3-c3ccnc2c3)cnn1-c1cccc(Cl)c1F. The van der Waals surface area contributed by atoms with Crippen LogP contribution < -0.4 is 16.4 Å². The Bertz CT molecular complexity index is 1670. The van der Waals surface area contributed by atoms with Gasteiger partial charge in [0.15, 0.2) is 5.82 Å². The minimum absolute atomic E-state index is 0.0436. The second-order valence-electron chi connectivity index (χ2n) is 10.1. The van der Waals surface area contributed by atoms with Crippen molar-refractivity contribution in [2.45, 2.75) is 39.2 Å². The lowest BCUT2D eigenvalue weighted by Gasteiger charge is -2.22. The molecule has 0 spiro atoms. The quantitative estimate of drug-likeness (QED) is 0.302. The molecular formula is C30H28ClFN6O3. The van der Waals surface area contributed by atoms with Gasteiger partial charge in [-0.1, -0.05) is 37.1 Å². The van der Waals surface area contributed by atoms with E-state index in [4.69, 9.17) is 17.3 Å². The van der Waals surface area contributed by atoms with E-state index in [1.165, 1.54) is 23.0 Å². The summed E-state index contributed by atoms with van der Waals surface area (Å²) in [4.78, 5) is 42.9. The van der Waals surface area contributed by atoms with Crippen molar-refractivity contribution in [3.05, 3.63) is 94.3 Å². The fraction of sp³-hybridized carbons (Fsp3) is 0.233. The molecule has 5 rings (SSSR count). The predicted molar refractivity (Wildman–Crippen MR) is 153 cm³/mol. The molecule has 11 heteroatoms. The summed E-state index contributed by atoms with van der Waals surface area (Å²) in [6.45, 7) is 3.51. The number of carbonyl (C=O) groups is 3. The van der Waals surface area contributed by atoms with E-state index in [1.807, 2.05) is 13.0 Å². The molecule has 2 unspecified atom stereocenters. The molecule has 1 aliphatic rings. The maximum absolute atomic E-state index is 14.7. The second kappa shape index (κ2) is 11.5. The van der Waals surface area contributed by atoms with Gasteiger partial charge in [0.25, 0.3) is 5.91 Å². The number of carbonyl (C=O) groups excluding carboxylic acids is 3. The number of pyridine rings is 1. The van der Waals surface area contributed by atoms with Crippen LogP contribution in [0.3, 0.4) is 0 Å². The van der Waals surface area contributed by atoms with Gasteiger partial charge < -0.3 is 16.4 Å². The monoisotopic (exact) mass is 574 g/mol. The van der Waals surface area contributed by atoms with E-state index in [2.05, 4.69) is 20.7 Å². The summed E-state index contributed by atoms with van der Waals surface area (Å²) in [7, 11) is 0. The molecule has 0 aliphatic carbocycles. The van der Waals surface area contributed by atoms with Crippen molar-refractivity contribution >= 4 is 35.0 Å². The zero-order valence-corrected chi connectivity index (χ0v) is 23.2. The van der Waals surface area contributed by atoms with Crippen LogP contribution in [0.1, 0.15) is 64.3 Å². The smallest absolute Gasteiger partial charge is 0.255 e. The lowest BCUT2D eigenvalue weighted by atomic mass is 9.94. The number of amides is 3. The van der Waals surface area contributed by atoms with E-state index in [9.17, 15) is 18.8 Å². The number of benzene rings is 2. The number of anilines is 1. The van der Waals surface area contributed by atoms with Crippen LogP contribution in [0.5, 0.6) is 0 Å². The van der Waals surface area contributed by atoms with Gasteiger partial charge in [-0.25, -0.2) is 9.07 Å². The molecule has 0 radical (unpaired) electrons. The molecule has 0 saturated heterocycles. The topological polar surface area (TPSA) is 132 Å². The van der Waals surface area contributed by atoms with Gasteiger partial charge >= 0.3 is 0 Å². The Labute approximate surface area is 240 Å². The van der Waals surface area contributed by atoms with E-state index in [1.54, 1.807) is 43.5 Å². The highest BCUT2D eigenvalue weighted by Crippen LogP contribution is 2.33. The number of nitrogens with one attached hydrogen (secondary N) is 2. The fourth-order valence-corrected chi connectivity index (χ4v) is 5.11. The average molecular weight is 575 g/mol. The average Bonchev–Trinajstić information content (AvgIpc) is 3.34. The molecule has 0 saturated carbocycles. The molecule has 210 valence electrons. The van der Waals surface area contributed by atoms with Crippen LogP contribution in [0.4, 0.5) is 10.1 Å². The lowest BCUT2D eigenvalue weighted by molar-refractivity contribution is -0.119. The minimum Gasteiger partial charge on any atom is -0.366 e. The Balaban J connectivity index is 1.50. The van der Waals surface area contributed by atoms with Crippen LogP contribution in [-0.4, -0.2) is 32.5 Å². The summed E-state index contributed by atoms with van der Waals surface area (Å²) in [5, 5.41) is 10.2. The third-order valence-corrected chi connectivity index (χ3v) is 7.60. The van der Waals surface area contributed by atoms with Crippen molar-refractivity contribution in [3.8, 4) is 16.8 Å². The molecule has 9 nitrogen and oxygen atoms in total. The van der Waals surface area contributed by atoms with Crippen LogP contribution in [0.2, 0.25) is 5.02 Å². The Hall–Kier alpha value is -4.57. The Morgan fingerprint density at radius 3 is 2.76 bits per heavy atom. The molecule has 3 amide bonds. The predicted octanol–water partition coefficient (Wildman–Crippen LogP) is 5.36. The van der Waals surface area contributed by atoms with Gasteiger partial charge in [-0.2, -0.15) is 5.10 Å². The number of halogens is 2. The van der Waals surface area contributed by atoms with Crippen molar-refractivity contribution < 1.29 is 18.8 Å². The zero-order valence-electron chi connectivity index (χ0n) is 22.4. The van der Waals surface area contributed by atoms with Gasteiger partial charge in [-0.3, -0.25) is 19.4 Å². The molecule has 2 bridgehead atoms. The summed E-state index contributed by atoms with van der Waals surface area (Å²) in [6, 6.07) is 12.6. The fourth-order valence-electron chi connectivity index (χ4n) is 4.94. The van der Waals surface area contributed by atoms with E-state index in [-0.39, 0.29) is 33.7 Å². The first kappa shape index (κ1) is 28.0. The third kappa shape index (κ3) is 5.69. The highest BCUT2D eigenvalue weighted by molar-refractivity contribution is 6.30. The number of hydrogen-bond donors (Lipinski definition) is 3. The standard InChI is InChI=1S/C30H28ClFN6O3/c1-16-5-3-7-23(36-30(41)21-15-35-38(17(21)2)26-8-4-6-22(31)27(26)32)25-13-18(11-12-34-25)20-10-9-19(28(33)39)14-24(20)37-29(16)40/h4,6,8-16,23H,3,5,7H2,1-2H3,(H2,33,39)(H,36,41)(H,37,40). The number of aromatic nitrogens is 3. The van der Waals surface area contributed by atoms with E-state index >= 15 is 0 Å². The summed E-state index contributed by atoms with van der Waals surface area (Å²) in [5.74, 6) is -2.13. The molecule has 4 N–H and O–H groups in total. The molecule has 41 heavy (non-hydrogen) atoms. The van der Waals surface area contributed by atoms with Gasteiger partial charge in [-0.15, -0.1) is 0 Å². The van der Waals surface area contributed by atoms with Crippen LogP contribution in [-0.2, 0) is 4.79 Å². The molecule has 0 fully saturated rings. The van der Waals surface area contributed by atoms with Crippen molar-refractivity contribution in [1.82, 2.24) is 20.1 Å². The molecule has 2 aromatic carbocycles. The second-order valence-corrected chi connectivity index (χ2v) is 10.5. The van der Waals surface area contributed by atoms with Crippen LogP contribution in [0, 0.1) is 18.7 Å². The van der Waals surface area contributed by atoms with Crippen LogP contribution in [0.25, 0.3) is 16.8 Å². The summed E-state index contributed by atoms with van der Waals surface area (Å²) < 4.78 is 16.0. The van der Waals surface area contributed by atoms with Crippen molar-refractivity contribution in [1.29, 1.82) is 0 Å². The number of nitrogens with two attached hydrogens (primary N) is 1. The van der Waals surface area contributed by atoms with Gasteiger partial charge in [0, 0.05) is 28.9 Å². The maximum Gasteiger partial charge on any atom is 0.255 e. The molecular weight excluding hydrogens is 547 g/mol. The van der Waals surface area contributed by atoms with Gasteiger partial charge in [0.2, 0.25) is 11.8 Å². The summed E-state index contributed by atoms with van der Waals surface area (Å²) >= 11 is 5.95. The summed E-state index contributed by atoms with van der Waals surface area (Å²) in [5.41, 5.74) is 9.15. The van der Waals surface area contributed by atoms with Crippen LogP contribution in [0.15, 0.2) is 60.9 Å². The van der Waals surface area contributed by atoms with Crippen molar-refractivity contribution in [2.24, 2.45) is 11.7 Å². The van der Waals surface area contributed by atoms with Crippen molar-refractivity contribution in [2.75, 3.05) is 5.32 Å². The number of nitrogens with zero attached hydrogens (tertiary/aromatic N) is 3. The normalized spacial score (nSPS) is 17.0. The van der Waals surface area contributed by atoms with Gasteiger partial charge in [-0.05, 0) is 61.7 Å². The number of primary amides is 1. The lowest BCUT2D eigenvalue weighted by Crippen LogP contribution is -2.30. The van der Waals surface area contributed by atoms with E-state index < -0.39 is 23.7 Å². The number of fused-ring (bicyclic) bond motifs is 4. The van der Waals surface area contributed by atoms with Gasteiger partial charge in [0.05, 0.1) is 34.2 Å². The molecule has 2 atom stereocenters. The minimum atomic E-state index is -0.631. The molecule has 1 aliphatic heterocycles. The zero-order chi connectivity index (χ0) is 29.3.